The summed E-state index contributed by atoms with van der Waals surface area (Å²) < 4.78 is 2.00. The Hall–Kier alpha value is -2.13. The van der Waals surface area contributed by atoms with Crippen molar-refractivity contribution in [1.82, 2.24) is 9.38 Å². The van der Waals surface area contributed by atoms with Gasteiger partial charge in [0.25, 0.3) is 0 Å². The number of aromatic nitrogens is 2. The molecule has 3 nitrogen and oxygen atoms in total. The van der Waals surface area contributed by atoms with E-state index in [4.69, 9.17) is 4.98 Å². The lowest BCUT2D eigenvalue weighted by atomic mass is 9.90. The Kier molecular flexibility index (Phi) is 3.23. The maximum absolute atomic E-state index is 9.84. The van der Waals surface area contributed by atoms with Crippen molar-refractivity contribution in [3.8, 4) is 11.3 Å². The molecule has 0 amide bonds. The number of pyridine rings is 1. The van der Waals surface area contributed by atoms with E-state index < -0.39 is 0 Å². The highest BCUT2D eigenvalue weighted by molar-refractivity contribution is 5.68. The highest BCUT2D eigenvalue weighted by atomic mass is 16.3. The van der Waals surface area contributed by atoms with Crippen LogP contribution in [0, 0.1) is 6.92 Å². The SMILES string of the molecule is Cc1ccc2nc(-c3ccc4c(c3)CCCC4)c(CO)n2c1. The standard InChI is InChI=1S/C19H20N2O/c1-13-6-9-18-20-19(17(12-22)21(18)11-13)16-8-7-14-4-2-3-5-15(14)10-16/h6-11,22H,2-5,12H2,1H3. The molecule has 0 saturated heterocycles. The lowest BCUT2D eigenvalue weighted by molar-refractivity contribution is 0.276. The molecule has 1 aliphatic rings. The summed E-state index contributed by atoms with van der Waals surface area (Å²) in [4.78, 5) is 4.75. The predicted octanol–water partition coefficient (Wildman–Crippen LogP) is 3.68. The van der Waals surface area contributed by atoms with E-state index in [1.807, 2.05) is 16.7 Å². The van der Waals surface area contributed by atoms with Crippen LogP contribution in [0.5, 0.6) is 0 Å². The van der Waals surface area contributed by atoms with Crippen molar-refractivity contribution in [2.75, 3.05) is 0 Å². The van der Waals surface area contributed by atoms with Gasteiger partial charge in [-0.25, -0.2) is 4.98 Å². The molecular weight excluding hydrogens is 272 g/mol. The lowest BCUT2D eigenvalue weighted by Crippen LogP contribution is -2.02. The van der Waals surface area contributed by atoms with Crippen LogP contribution in [-0.4, -0.2) is 14.5 Å². The third-order valence-corrected chi connectivity index (χ3v) is 4.64. The van der Waals surface area contributed by atoms with Gasteiger partial charge in [0.15, 0.2) is 0 Å². The van der Waals surface area contributed by atoms with Crippen molar-refractivity contribution in [2.45, 2.75) is 39.2 Å². The van der Waals surface area contributed by atoms with Gasteiger partial charge in [0.1, 0.15) is 5.65 Å². The minimum atomic E-state index is -0.00294. The summed E-state index contributed by atoms with van der Waals surface area (Å²) in [6.45, 7) is 2.05. The molecule has 112 valence electrons. The molecule has 1 N–H and O–H groups in total. The predicted molar refractivity (Wildman–Crippen MR) is 87.9 cm³/mol. The molecule has 2 heterocycles. The molecule has 0 aliphatic heterocycles. The molecule has 2 aromatic heterocycles. The first-order chi connectivity index (χ1) is 10.8. The zero-order chi connectivity index (χ0) is 15.1. The highest BCUT2D eigenvalue weighted by Gasteiger charge is 2.16. The largest absolute Gasteiger partial charge is 0.390 e. The maximum atomic E-state index is 9.84. The van der Waals surface area contributed by atoms with Crippen LogP contribution in [0.2, 0.25) is 0 Å². The molecule has 0 bridgehead atoms. The van der Waals surface area contributed by atoms with Crippen molar-refractivity contribution in [3.05, 3.63) is 58.9 Å². The molecule has 3 aromatic rings. The zero-order valence-electron chi connectivity index (χ0n) is 12.8. The van der Waals surface area contributed by atoms with Crippen LogP contribution >= 0.6 is 0 Å². The van der Waals surface area contributed by atoms with Gasteiger partial charge < -0.3 is 9.51 Å². The first-order valence-electron chi connectivity index (χ1n) is 7.97. The molecule has 0 unspecified atom stereocenters. The quantitative estimate of drug-likeness (QED) is 0.782. The fourth-order valence-electron chi connectivity index (χ4n) is 3.46. The molecule has 1 aromatic carbocycles. The number of aliphatic hydroxyl groups excluding tert-OH is 1. The molecule has 0 atom stereocenters. The van der Waals surface area contributed by atoms with Crippen LogP contribution in [0.25, 0.3) is 16.9 Å². The number of imidazole rings is 1. The molecule has 3 heteroatoms. The maximum Gasteiger partial charge on any atom is 0.137 e. The van der Waals surface area contributed by atoms with Gasteiger partial charge in [-0.05, 0) is 61.4 Å². The van der Waals surface area contributed by atoms with Gasteiger partial charge in [-0.2, -0.15) is 0 Å². The summed E-state index contributed by atoms with van der Waals surface area (Å²) in [6.07, 6.45) is 6.95. The minimum Gasteiger partial charge on any atom is -0.390 e. The monoisotopic (exact) mass is 292 g/mol. The van der Waals surface area contributed by atoms with Gasteiger partial charge in [0.05, 0.1) is 18.0 Å². The number of aliphatic hydroxyl groups is 1. The van der Waals surface area contributed by atoms with Gasteiger partial charge in [-0.3, -0.25) is 0 Å². The Balaban J connectivity index is 1.90. The topological polar surface area (TPSA) is 37.5 Å². The van der Waals surface area contributed by atoms with Crippen LogP contribution in [0.15, 0.2) is 36.5 Å². The van der Waals surface area contributed by atoms with Crippen molar-refractivity contribution >= 4 is 5.65 Å². The van der Waals surface area contributed by atoms with Crippen LogP contribution in [0.4, 0.5) is 0 Å². The van der Waals surface area contributed by atoms with E-state index in [1.165, 1.54) is 30.4 Å². The average Bonchev–Trinajstić information content (AvgIpc) is 2.92. The Bertz CT molecular complexity index is 848. The van der Waals surface area contributed by atoms with Crippen molar-refractivity contribution in [3.63, 3.8) is 0 Å². The van der Waals surface area contributed by atoms with Gasteiger partial charge in [-0.1, -0.05) is 18.2 Å². The number of rotatable bonds is 2. The second-order valence-corrected chi connectivity index (χ2v) is 6.19. The minimum absolute atomic E-state index is 0.00294. The third-order valence-electron chi connectivity index (χ3n) is 4.64. The number of hydrogen-bond acceptors (Lipinski definition) is 2. The smallest absolute Gasteiger partial charge is 0.137 e. The molecule has 22 heavy (non-hydrogen) atoms. The lowest BCUT2D eigenvalue weighted by Gasteiger charge is -2.16. The van der Waals surface area contributed by atoms with Gasteiger partial charge in [0.2, 0.25) is 0 Å². The fraction of sp³-hybridized carbons (Fsp3) is 0.316. The van der Waals surface area contributed by atoms with Crippen LogP contribution in [0.3, 0.4) is 0 Å². The van der Waals surface area contributed by atoms with Gasteiger partial charge in [0, 0.05) is 11.8 Å². The Morgan fingerprint density at radius 1 is 1.09 bits per heavy atom. The Morgan fingerprint density at radius 2 is 1.91 bits per heavy atom. The van der Waals surface area contributed by atoms with Gasteiger partial charge >= 0.3 is 0 Å². The highest BCUT2D eigenvalue weighted by Crippen LogP contribution is 2.29. The summed E-state index contributed by atoms with van der Waals surface area (Å²) in [5.74, 6) is 0. The second kappa shape index (κ2) is 5.25. The summed E-state index contributed by atoms with van der Waals surface area (Å²) in [5, 5.41) is 9.84. The Labute approximate surface area is 130 Å². The summed E-state index contributed by atoms with van der Waals surface area (Å²) in [6, 6.07) is 10.7. The van der Waals surface area contributed by atoms with E-state index >= 15 is 0 Å². The fourth-order valence-corrected chi connectivity index (χ4v) is 3.46. The van der Waals surface area contributed by atoms with Crippen LogP contribution < -0.4 is 0 Å². The molecule has 4 rings (SSSR count). The van der Waals surface area contributed by atoms with Gasteiger partial charge in [-0.15, -0.1) is 0 Å². The summed E-state index contributed by atoms with van der Waals surface area (Å²) in [5.41, 5.74) is 7.86. The molecule has 0 saturated carbocycles. The first-order valence-corrected chi connectivity index (χ1v) is 7.97. The van der Waals surface area contributed by atoms with E-state index in [9.17, 15) is 5.11 Å². The van der Waals surface area contributed by atoms with Crippen LogP contribution in [-0.2, 0) is 19.4 Å². The van der Waals surface area contributed by atoms with E-state index in [0.717, 1.165) is 34.6 Å². The number of benzene rings is 1. The summed E-state index contributed by atoms with van der Waals surface area (Å²) >= 11 is 0. The number of hydrogen-bond donors (Lipinski definition) is 1. The second-order valence-electron chi connectivity index (χ2n) is 6.19. The normalized spacial score (nSPS) is 14.3. The van der Waals surface area contributed by atoms with Crippen LogP contribution in [0.1, 0.15) is 35.2 Å². The molecule has 0 radical (unpaired) electrons. The Morgan fingerprint density at radius 3 is 2.73 bits per heavy atom. The zero-order valence-corrected chi connectivity index (χ0v) is 12.8. The number of nitrogens with zero attached hydrogens (tertiary/aromatic N) is 2. The van der Waals surface area contributed by atoms with Crippen molar-refractivity contribution in [1.29, 1.82) is 0 Å². The van der Waals surface area contributed by atoms with E-state index in [0.29, 0.717) is 0 Å². The number of aryl methyl sites for hydroxylation is 3. The number of fused-ring (bicyclic) bond motifs is 2. The van der Waals surface area contributed by atoms with Crippen molar-refractivity contribution in [2.24, 2.45) is 0 Å². The first kappa shape index (κ1) is 13.5. The third kappa shape index (κ3) is 2.13. The van der Waals surface area contributed by atoms with E-state index in [-0.39, 0.29) is 6.61 Å². The molecule has 1 aliphatic carbocycles. The van der Waals surface area contributed by atoms with Crippen molar-refractivity contribution < 1.29 is 5.11 Å². The van der Waals surface area contributed by atoms with E-state index in [2.05, 4.69) is 31.2 Å². The average molecular weight is 292 g/mol. The molecule has 0 spiro atoms. The van der Waals surface area contributed by atoms with E-state index in [1.54, 1.807) is 0 Å². The molecule has 0 fully saturated rings. The molecular formula is C19H20N2O. The summed E-state index contributed by atoms with van der Waals surface area (Å²) in [7, 11) is 0.